The van der Waals surface area contributed by atoms with Gasteiger partial charge in [0.25, 0.3) is 0 Å². The van der Waals surface area contributed by atoms with Gasteiger partial charge in [0, 0.05) is 12.8 Å². The molecule has 0 fully saturated rings. The van der Waals surface area contributed by atoms with Crippen LogP contribution in [0.5, 0.6) is 11.5 Å². The summed E-state index contributed by atoms with van der Waals surface area (Å²) >= 11 is 0. The summed E-state index contributed by atoms with van der Waals surface area (Å²) in [6, 6.07) is 20.3. The number of amides is 1. The van der Waals surface area contributed by atoms with Crippen LogP contribution in [0.2, 0.25) is 0 Å². The lowest BCUT2D eigenvalue weighted by Crippen LogP contribution is -2.41. The number of carbonyl (C=O) groups excluding carboxylic acids is 1. The number of carbonyl (C=O) groups is 1. The molecule has 0 aliphatic carbocycles. The molecular formula is C26H28N2O5S. The molecule has 0 radical (unpaired) electrons. The van der Waals surface area contributed by atoms with Gasteiger partial charge in [-0.15, -0.1) is 0 Å². The van der Waals surface area contributed by atoms with E-state index in [0.717, 1.165) is 29.4 Å². The number of anilines is 1. The van der Waals surface area contributed by atoms with Crippen molar-refractivity contribution in [1.82, 2.24) is 4.90 Å². The molecule has 1 N–H and O–H groups in total. The second-order valence-corrected chi connectivity index (χ2v) is 10.2. The third-order valence-electron chi connectivity index (χ3n) is 6.00. The molecule has 0 spiro atoms. The molecule has 3 aromatic carbocycles. The molecule has 34 heavy (non-hydrogen) atoms. The Balaban J connectivity index is 1.67. The molecule has 0 saturated carbocycles. The van der Waals surface area contributed by atoms with Crippen LogP contribution in [0.3, 0.4) is 0 Å². The van der Waals surface area contributed by atoms with E-state index in [0.29, 0.717) is 18.0 Å². The van der Waals surface area contributed by atoms with Crippen molar-refractivity contribution >= 4 is 21.4 Å². The molecule has 1 heterocycles. The molecule has 1 aliphatic heterocycles. The van der Waals surface area contributed by atoms with Gasteiger partial charge in [0.05, 0.1) is 37.4 Å². The summed E-state index contributed by atoms with van der Waals surface area (Å²) in [5, 5.41) is 2.80. The average molecular weight is 481 g/mol. The number of benzene rings is 3. The van der Waals surface area contributed by atoms with E-state index in [1.807, 2.05) is 42.5 Å². The molecule has 0 bridgehead atoms. The molecule has 0 saturated heterocycles. The van der Waals surface area contributed by atoms with Crippen LogP contribution in [0.4, 0.5) is 5.69 Å². The van der Waals surface area contributed by atoms with E-state index >= 15 is 0 Å². The summed E-state index contributed by atoms with van der Waals surface area (Å²) in [6.07, 6.45) is 1.87. The smallest absolute Gasteiger partial charge is 0.238 e. The third kappa shape index (κ3) is 4.93. The lowest BCUT2D eigenvalue weighted by Gasteiger charge is -2.37. The SMILES string of the molecule is COc1cc2c(cc1OC)C(c1ccccc1)N(CC(=O)Nc1ccccc1S(C)(=O)=O)CC2. The van der Waals surface area contributed by atoms with Gasteiger partial charge < -0.3 is 14.8 Å². The largest absolute Gasteiger partial charge is 0.493 e. The van der Waals surface area contributed by atoms with Crippen molar-refractivity contribution < 1.29 is 22.7 Å². The zero-order valence-electron chi connectivity index (χ0n) is 19.4. The predicted octanol–water partition coefficient (Wildman–Crippen LogP) is 3.69. The Bertz CT molecular complexity index is 1290. The number of para-hydroxylation sites is 1. The monoisotopic (exact) mass is 480 g/mol. The quantitative estimate of drug-likeness (QED) is 0.555. The topological polar surface area (TPSA) is 84.9 Å². The van der Waals surface area contributed by atoms with Gasteiger partial charge in [-0.05, 0) is 47.4 Å². The number of fused-ring (bicyclic) bond motifs is 1. The van der Waals surface area contributed by atoms with Crippen molar-refractivity contribution in [1.29, 1.82) is 0 Å². The Morgan fingerprint density at radius 2 is 1.65 bits per heavy atom. The van der Waals surface area contributed by atoms with Crippen molar-refractivity contribution in [2.45, 2.75) is 17.4 Å². The molecule has 1 amide bonds. The van der Waals surface area contributed by atoms with Crippen LogP contribution in [0.15, 0.2) is 71.6 Å². The van der Waals surface area contributed by atoms with Crippen molar-refractivity contribution in [3.63, 3.8) is 0 Å². The molecule has 8 heteroatoms. The average Bonchev–Trinajstić information content (AvgIpc) is 2.83. The highest BCUT2D eigenvalue weighted by atomic mass is 32.2. The van der Waals surface area contributed by atoms with E-state index in [1.54, 1.807) is 32.4 Å². The van der Waals surface area contributed by atoms with Crippen molar-refractivity contribution in [2.24, 2.45) is 0 Å². The fourth-order valence-corrected chi connectivity index (χ4v) is 5.31. The molecule has 7 nitrogen and oxygen atoms in total. The first-order chi connectivity index (χ1) is 16.3. The summed E-state index contributed by atoms with van der Waals surface area (Å²) in [5.41, 5.74) is 3.54. The second kappa shape index (κ2) is 9.87. The summed E-state index contributed by atoms with van der Waals surface area (Å²) in [7, 11) is -0.250. The van der Waals surface area contributed by atoms with Gasteiger partial charge in [-0.3, -0.25) is 9.69 Å². The van der Waals surface area contributed by atoms with Crippen LogP contribution in [0.25, 0.3) is 0 Å². The zero-order valence-corrected chi connectivity index (χ0v) is 20.3. The number of ether oxygens (including phenoxy) is 2. The molecular weight excluding hydrogens is 452 g/mol. The minimum absolute atomic E-state index is 0.101. The first-order valence-electron chi connectivity index (χ1n) is 10.9. The number of sulfone groups is 1. The van der Waals surface area contributed by atoms with Crippen molar-refractivity contribution in [3.8, 4) is 11.5 Å². The van der Waals surface area contributed by atoms with Crippen LogP contribution in [0, 0.1) is 0 Å². The summed E-state index contributed by atoms with van der Waals surface area (Å²) < 4.78 is 35.3. The standard InChI is InChI=1S/C26H28N2O5S/c1-32-22-15-19-13-14-28(17-25(29)27-21-11-7-8-12-24(21)34(3,30)31)26(18-9-5-4-6-10-18)20(19)16-23(22)33-2/h4-12,15-16,26H,13-14,17H2,1-3H3,(H,27,29). The molecule has 1 unspecified atom stereocenters. The lowest BCUT2D eigenvalue weighted by molar-refractivity contribution is -0.117. The maximum absolute atomic E-state index is 13.1. The Morgan fingerprint density at radius 3 is 2.32 bits per heavy atom. The van der Waals surface area contributed by atoms with Crippen LogP contribution in [-0.2, 0) is 21.1 Å². The second-order valence-electron chi connectivity index (χ2n) is 8.26. The first kappa shape index (κ1) is 23.8. The zero-order chi connectivity index (χ0) is 24.3. The van der Waals surface area contributed by atoms with E-state index in [2.05, 4.69) is 10.2 Å². The lowest BCUT2D eigenvalue weighted by atomic mass is 9.87. The van der Waals surface area contributed by atoms with Crippen molar-refractivity contribution in [3.05, 3.63) is 83.4 Å². The van der Waals surface area contributed by atoms with Crippen LogP contribution in [-0.4, -0.2) is 52.8 Å². The van der Waals surface area contributed by atoms with Crippen LogP contribution in [0.1, 0.15) is 22.7 Å². The van der Waals surface area contributed by atoms with Gasteiger partial charge >= 0.3 is 0 Å². The number of nitrogens with one attached hydrogen (secondary N) is 1. The van der Waals surface area contributed by atoms with E-state index < -0.39 is 9.84 Å². The molecule has 1 aliphatic rings. The number of methoxy groups -OCH3 is 2. The number of hydrogen-bond acceptors (Lipinski definition) is 6. The van der Waals surface area contributed by atoms with Gasteiger partial charge in [0.2, 0.25) is 5.91 Å². The van der Waals surface area contributed by atoms with E-state index in [1.165, 1.54) is 6.07 Å². The van der Waals surface area contributed by atoms with Crippen molar-refractivity contribution in [2.75, 3.05) is 38.9 Å². The molecule has 4 rings (SSSR count). The fourth-order valence-electron chi connectivity index (χ4n) is 4.46. The molecule has 3 aromatic rings. The highest BCUT2D eigenvalue weighted by Crippen LogP contribution is 2.40. The molecule has 0 aromatic heterocycles. The number of nitrogens with zero attached hydrogens (tertiary/aromatic N) is 1. The summed E-state index contributed by atoms with van der Waals surface area (Å²) in [5.74, 6) is 1.04. The highest BCUT2D eigenvalue weighted by Gasteiger charge is 2.31. The van der Waals surface area contributed by atoms with E-state index in [9.17, 15) is 13.2 Å². The van der Waals surface area contributed by atoms with E-state index in [4.69, 9.17) is 9.47 Å². The van der Waals surface area contributed by atoms with E-state index in [-0.39, 0.29) is 29.1 Å². The normalized spacial score (nSPS) is 15.9. The maximum Gasteiger partial charge on any atom is 0.238 e. The molecule has 178 valence electrons. The Labute approximate surface area is 200 Å². The fraction of sp³-hybridized carbons (Fsp3) is 0.269. The first-order valence-corrected chi connectivity index (χ1v) is 12.8. The van der Waals surface area contributed by atoms with Gasteiger partial charge in [0.15, 0.2) is 21.3 Å². The number of rotatable bonds is 7. The summed E-state index contributed by atoms with van der Waals surface area (Å²) in [6.45, 7) is 0.759. The Morgan fingerprint density at radius 1 is 1.00 bits per heavy atom. The Hall–Kier alpha value is -3.36. The Kier molecular flexibility index (Phi) is 6.90. The third-order valence-corrected chi connectivity index (χ3v) is 7.15. The predicted molar refractivity (Wildman–Crippen MR) is 131 cm³/mol. The van der Waals surface area contributed by atoms with Gasteiger partial charge in [-0.2, -0.15) is 0 Å². The highest BCUT2D eigenvalue weighted by molar-refractivity contribution is 7.90. The van der Waals surface area contributed by atoms with Gasteiger partial charge in [-0.1, -0.05) is 42.5 Å². The van der Waals surface area contributed by atoms with Gasteiger partial charge in [0.1, 0.15) is 0 Å². The maximum atomic E-state index is 13.1. The number of hydrogen-bond donors (Lipinski definition) is 1. The minimum atomic E-state index is -3.47. The van der Waals surface area contributed by atoms with Crippen LogP contribution >= 0.6 is 0 Å². The molecule has 1 atom stereocenters. The summed E-state index contributed by atoms with van der Waals surface area (Å²) in [4.78, 5) is 15.3. The van der Waals surface area contributed by atoms with Gasteiger partial charge in [-0.25, -0.2) is 8.42 Å². The van der Waals surface area contributed by atoms with Crippen LogP contribution < -0.4 is 14.8 Å². The minimum Gasteiger partial charge on any atom is -0.493 e.